The van der Waals surface area contributed by atoms with Crippen LogP contribution in [0.4, 0.5) is 0 Å². The fourth-order valence-electron chi connectivity index (χ4n) is 3.95. The molecule has 1 aliphatic carbocycles. The van der Waals surface area contributed by atoms with E-state index in [1.165, 1.54) is 36.6 Å². The van der Waals surface area contributed by atoms with Gasteiger partial charge in [-0.05, 0) is 50.5 Å². The van der Waals surface area contributed by atoms with E-state index in [0.29, 0.717) is 6.04 Å². The molecular formula is C25H29N5O2S. The van der Waals surface area contributed by atoms with Gasteiger partial charge in [-0.25, -0.2) is 5.43 Å². The molecule has 0 spiro atoms. The molecular weight excluding hydrogens is 434 g/mol. The first kappa shape index (κ1) is 23.0. The Morgan fingerprint density at radius 3 is 2.73 bits per heavy atom. The summed E-state index contributed by atoms with van der Waals surface area (Å²) in [6.07, 6.45) is 11.0. The molecule has 0 aliphatic heterocycles. The van der Waals surface area contributed by atoms with Gasteiger partial charge in [0.1, 0.15) is 5.76 Å². The van der Waals surface area contributed by atoms with Gasteiger partial charge >= 0.3 is 0 Å². The number of hydrogen-bond acceptors (Lipinski definition) is 6. The summed E-state index contributed by atoms with van der Waals surface area (Å²) in [6.45, 7) is 3.97. The van der Waals surface area contributed by atoms with Crippen LogP contribution >= 0.6 is 11.8 Å². The van der Waals surface area contributed by atoms with Crippen LogP contribution in [0.2, 0.25) is 0 Å². The third-order valence-corrected chi connectivity index (χ3v) is 6.56. The zero-order valence-corrected chi connectivity index (χ0v) is 19.8. The summed E-state index contributed by atoms with van der Waals surface area (Å²) in [5.74, 6) is 1.66. The van der Waals surface area contributed by atoms with Crippen molar-refractivity contribution in [2.24, 2.45) is 5.10 Å². The number of hydrazone groups is 1. The molecule has 0 unspecified atom stereocenters. The van der Waals surface area contributed by atoms with Crippen LogP contribution in [0.1, 0.15) is 56.4 Å². The number of benzene rings is 1. The molecule has 1 N–H and O–H groups in total. The zero-order valence-electron chi connectivity index (χ0n) is 19.0. The van der Waals surface area contributed by atoms with Crippen molar-refractivity contribution in [1.29, 1.82) is 0 Å². The van der Waals surface area contributed by atoms with Crippen molar-refractivity contribution < 1.29 is 9.21 Å². The Balaban J connectivity index is 1.42. The lowest BCUT2D eigenvalue weighted by Gasteiger charge is -2.25. The van der Waals surface area contributed by atoms with E-state index in [2.05, 4.69) is 56.5 Å². The van der Waals surface area contributed by atoms with Gasteiger partial charge in [0.2, 0.25) is 0 Å². The van der Waals surface area contributed by atoms with Crippen molar-refractivity contribution >= 4 is 30.0 Å². The molecule has 0 bridgehead atoms. The van der Waals surface area contributed by atoms with Crippen molar-refractivity contribution in [3.05, 3.63) is 59.6 Å². The number of carbonyl (C=O) groups is 1. The average Bonchev–Trinajstić information content (AvgIpc) is 3.49. The number of amides is 1. The second kappa shape index (κ2) is 11.1. The number of thioether (sulfide) groups is 1. The third kappa shape index (κ3) is 6.22. The van der Waals surface area contributed by atoms with Gasteiger partial charge in [-0.15, -0.1) is 10.2 Å². The molecule has 1 fully saturated rings. The maximum absolute atomic E-state index is 12.4. The second-order valence-electron chi connectivity index (χ2n) is 8.32. The van der Waals surface area contributed by atoms with Crippen LogP contribution in [0.3, 0.4) is 0 Å². The van der Waals surface area contributed by atoms with E-state index in [4.69, 9.17) is 4.42 Å². The Hall–Kier alpha value is -3.13. The van der Waals surface area contributed by atoms with E-state index in [0.717, 1.165) is 40.7 Å². The second-order valence-corrected chi connectivity index (χ2v) is 9.26. The van der Waals surface area contributed by atoms with Crippen LogP contribution in [0.25, 0.3) is 17.5 Å². The van der Waals surface area contributed by atoms with Crippen molar-refractivity contribution in [2.45, 2.75) is 57.1 Å². The normalized spacial score (nSPS) is 15.3. The first-order chi connectivity index (χ1) is 16.1. The summed E-state index contributed by atoms with van der Waals surface area (Å²) >= 11 is 1.40. The Bertz CT molecular complexity index is 1110. The summed E-state index contributed by atoms with van der Waals surface area (Å²) in [5.41, 5.74) is 5.73. The van der Waals surface area contributed by atoms with Gasteiger partial charge < -0.3 is 4.42 Å². The largest absolute Gasteiger partial charge is 0.465 e. The maximum atomic E-state index is 12.4. The summed E-state index contributed by atoms with van der Waals surface area (Å²) in [7, 11) is 0. The van der Waals surface area contributed by atoms with Crippen LogP contribution in [0.5, 0.6) is 0 Å². The molecule has 1 aromatic carbocycles. The first-order valence-corrected chi connectivity index (χ1v) is 12.3. The lowest BCUT2D eigenvalue weighted by atomic mass is 9.95. The summed E-state index contributed by atoms with van der Waals surface area (Å²) < 4.78 is 7.51. The molecule has 7 nitrogen and oxygen atoms in total. The zero-order chi connectivity index (χ0) is 23.0. The summed E-state index contributed by atoms with van der Waals surface area (Å²) in [6, 6.07) is 12.4. The molecule has 4 rings (SSSR count). The Labute approximate surface area is 198 Å². The molecule has 2 aromatic heterocycles. The maximum Gasteiger partial charge on any atom is 0.250 e. The molecule has 1 aliphatic rings. The van der Waals surface area contributed by atoms with Crippen LogP contribution in [0.15, 0.2) is 62.9 Å². The van der Waals surface area contributed by atoms with Gasteiger partial charge in [0.25, 0.3) is 5.91 Å². The monoisotopic (exact) mass is 463 g/mol. The minimum absolute atomic E-state index is 0.183. The third-order valence-electron chi connectivity index (χ3n) is 5.62. The van der Waals surface area contributed by atoms with Crippen LogP contribution < -0.4 is 5.43 Å². The molecule has 33 heavy (non-hydrogen) atoms. The van der Waals surface area contributed by atoms with E-state index in [9.17, 15) is 4.79 Å². The van der Waals surface area contributed by atoms with Crippen molar-refractivity contribution in [2.75, 3.05) is 5.75 Å². The highest BCUT2D eigenvalue weighted by atomic mass is 32.2. The highest BCUT2D eigenvalue weighted by molar-refractivity contribution is 7.99. The lowest BCUT2D eigenvalue weighted by molar-refractivity contribution is -0.118. The fraction of sp³-hybridized carbons (Fsp3) is 0.360. The quantitative estimate of drug-likeness (QED) is 0.265. The van der Waals surface area contributed by atoms with Crippen molar-refractivity contribution in [3.63, 3.8) is 0 Å². The molecule has 0 radical (unpaired) electrons. The fourth-order valence-corrected chi connectivity index (χ4v) is 4.74. The van der Waals surface area contributed by atoms with Crippen LogP contribution in [-0.2, 0) is 4.79 Å². The highest BCUT2D eigenvalue weighted by Gasteiger charge is 2.24. The summed E-state index contributed by atoms with van der Waals surface area (Å²) in [4.78, 5) is 12.4. The first-order valence-electron chi connectivity index (χ1n) is 11.3. The summed E-state index contributed by atoms with van der Waals surface area (Å²) in [5, 5.41) is 13.8. The number of hydrogen-bond donors (Lipinski definition) is 1. The molecule has 1 amide bonds. The number of furan rings is 1. The van der Waals surface area contributed by atoms with Gasteiger partial charge in [-0.1, -0.05) is 60.9 Å². The standard InChI is InChI=1S/C25H29N5O2S/c1-18-10-12-20(13-11-18)24-28-29-25(30(24)21-7-4-3-5-8-21)33-17-23(31)27-26-16-19(2)15-22-9-6-14-32-22/h6,9-16,21H,3-5,7-8,17H2,1-2H3,(H,27,31)/b19-15-,26-16-. The van der Waals surface area contributed by atoms with Gasteiger partial charge in [0.05, 0.1) is 18.2 Å². The number of aromatic nitrogens is 3. The predicted molar refractivity (Wildman–Crippen MR) is 132 cm³/mol. The number of nitrogens with one attached hydrogen (secondary N) is 1. The molecule has 8 heteroatoms. The lowest BCUT2D eigenvalue weighted by Crippen LogP contribution is -2.20. The Morgan fingerprint density at radius 1 is 1.21 bits per heavy atom. The topological polar surface area (TPSA) is 85.3 Å². The van der Waals surface area contributed by atoms with Gasteiger partial charge in [-0.2, -0.15) is 5.10 Å². The predicted octanol–water partition coefficient (Wildman–Crippen LogP) is 5.65. The van der Waals surface area contributed by atoms with Gasteiger partial charge in [0.15, 0.2) is 11.0 Å². The highest BCUT2D eigenvalue weighted by Crippen LogP contribution is 2.35. The number of allylic oxidation sites excluding steroid dienone is 1. The van der Waals surface area contributed by atoms with E-state index < -0.39 is 0 Å². The molecule has 1 saturated carbocycles. The average molecular weight is 464 g/mol. The van der Waals surface area contributed by atoms with E-state index in [-0.39, 0.29) is 11.7 Å². The van der Waals surface area contributed by atoms with Crippen LogP contribution in [0, 0.1) is 6.92 Å². The van der Waals surface area contributed by atoms with Gasteiger partial charge in [0, 0.05) is 11.6 Å². The van der Waals surface area contributed by atoms with E-state index in [1.807, 2.05) is 25.1 Å². The minimum atomic E-state index is -0.183. The van der Waals surface area contributed by atoms with E-state index >= 15 is 0 Å². The Kier molecular flexibility index (Phi) is 7.78. The molecule has 3 aromatic rings. The molecule has 2 heterocycles. The van der Waals surface area contributed by atoms with Gasteiger partial charge in [-0.3, -0.25) is 9.36 Å². The molecule has 0 saturated heterocycles. The van der Waals surface area contributed by atoms with Crippen molar-refractivity contribution in [1.82, 2.24) is 20.2 Å². The molecule has 172 valence electrons. The van der Waals surface area contributed by atoms with E-state index in [1.54, 1.807) is 12.5 Å². The van der Waals surface area contributed by atoms with Crippen molar-refractivity contribution in [3.8, 4) is 11.4 Å². The number of aryl methyl sites for hydroxylation is 1. The SMILES string of the molecule is CC(/C=N\NC(=O)CSc1nnc(-c2ccc(C)cc2)n1C1CCCCC1)=C/c1ccco1. The number of rotatable bonds is 8. The van der Waals surface area contributed by atoms with Crippen LogP contribution in [-0.4, -0.2) is 32.6 Å². The minimum Gasteiger partial charge on any atom is -0.465 e. The number of nitrogens with zero attached hydrogens (tertiary/aromatic N) is 4. The Morgan fingerprint density at radius 2 is 2.00 bits per heavy atom. The smallest absolute Gasteiger partial charge is 0.250 e. The molecule has 0 atom stereocenters. The number of carbonyl (C=O) groups excluding carboxylic acids is 1.